The van der Waals surface area contributed by atoms with Gasteiger partial charge in [-0.25, -0.2) is 8.78 Å². The van der Waals surface area contributed by atoms with Gasteiger partial charge >= 0.3 is 6.01 Å². The highest BCUT2D eigenvalue weighted by Crippen LogP contribution is 2.42. The van der Waals surface area contributed by atoms with E-state index in [9.17, 15) is 9.50 Å². The summed E-state index contributed by atoms with van der Waals surface area (Å²) in [6, 6.07) is 9.50. The monoisotopic (exact) mass is 598 g/mol. The van der Waals surface area contributed by atoms with E-state index in [1.54, 1.807) is 18.5 Å². The standard InChI is InChI=1S/C33H32F2N6O3/c34-20-12-33(7-1-8-41(33)14-20)17-44-32-38-29-25(31(39-32)40-15-21-4-5-22(16-40)37-21)13-36-28(27(29)35)24-11-23(42)10-19-3-2-18-6-9-43-30(18)26(19)24/h2-3,6,9-11,13,20-22,37,42H,1,4-5,7-8,12,14-17H2/t20-,21-,22+,33+/m1/s1. The lowest BCUT2D eigenvalue weighted by molar-refractivity contribution is 0.107. The fraction of sp³-hybridized carbons (Fsp3) is 0.424. The van der Waals surface area contributed by atoms with E-state index in [1.807, 2.05) is 18.2 Å². The second-order valence-electron chi connectivity index (χ2n) is 12.9. The summed E-state index contributed by atoms with van der Waals surface area (Å²) in [5, 5.41) is 17.0. The highest BCUT2D eigenvalue weighted by atomic mass is 19.1. The highest BCUT2D eigenvalue weighted by Gasteiger charge is 2.49. The van der Waals surface area contributed by atoms with E-state index in [2.05, 4.69) is 25.1 Å². The molecule has 44 heavy (non-hydrogen) atoms. The number of nitrogens with one attached hydrogen (secondary N) is 1. The van der Waals surface area contributed by atoms with Gasteiger partial charge in [0, 0.05) is 60.7 Å². The molecule has 2 N–H and O–H groups in total. The van der Waals surface area contributed by atoms with Crippen LogP contribution in [0.5, 0.6) is 11.8 Å². The zero-order valence-corrected chi connectivity index (χ0v) is 24.1. The first-order valence-corrected chi connectivity index (χ1v) is 15.5. The van der Waals surface area contributed by atoms with Crippen molar-refractivity contribution < 1.29 is 23.0 Å². The van der Waals surface area contributed by atoms with Gasteiger partial charge in [-0.2, -0.15) is 9.97 Å². The molecule has 0 unspecified atom stereocenters. The molecule has 11 heteroatoms. The van der Waals surface area contributed by atoms with Gasteiger partial charge in [-0.1, -0.05) is 12.1 Å². The Bertz CT molecular complexity index is 1940. The van der Waals surface area contributed by atoms with Gasteiger partial charge in [-0.15, -0.1) is 0 Å². The van der Waals surface area contributed by atoms with Crippen LogP contribution in [0.3, 0.4) is 0 Å². The molecule has 4 saturated heterocycles. The molecule has 226 valence electrons. The highest BCUT2D eigenvalue weighted by molar-refractivity contribution is 6.12. The maximum atomic E-state index is 16.8. The second-order valence-corrected chi connectivity index (χ2v) is 12.9. The number of fused-ring (bicyclic) bond motifs is 7. The van der Waals surface area contributed by atoms with E-state index in [1.165, 1.54) is 6.07 Å². The zero-order valence-electron chi connectivity index (χ0n) is 24.1. The van der Waals surface area contributed by atoms with Crippen LogP contribution in [0.2, 0.25) is 0 Å². The predicted octanol–water partition coefficient (Wildman–Crippen LogP) is 5.33. The summed E-state index contributed by atoms with van der Waals surface area (Å²) in [5.41, 5.74) is 0.756. The summed E-state index contributed by atoms with van der Waals surface area (Å²) >= 11 is 0. The normalized spacial score (nSPS) is 26.8. The number of rotatable bonds is 5. The predicted molar refractivity (Wildman–Crippen MR) is 162 cm³/mol. The van der Waals surface area contributed by atoms with Crippen LogP contribution in [-0.4, -0.2) is 81.5 Å². The van der Waals surface area contributed by atoms with Crippen molar-refractivity contribution >= 4 is 38.5 Å². The molecule has 9 rings (SSSR count). The Hall–Kier alpha value is -4.09. The fourth-order valence-corrected chi connectivity index (χ4v) is 8.19. The van der Waals surface area contributed by atoms with Gasteiger partial charge in [0.2, 0.25) is 0 Å². The van der Waals surface area contributed by atoms with Crippen LogP contribution in [0.25, 0.3) is 43.9 Å². The van der Waals surface area contributed by atoms with Crippen LogP contribution < -0.4 is 15.0 Å². The second kappa shape index (κ2) is 9.70. The average molecular weight is 599 g/mol. The lowest BCUT2D eigenvalue weighted by atomic mass is 9.95. The van der Waals surface area contributed by atoms with Crippen LogP contribution in [0.4, 0.5) is 14.6 Å². The van der Waals surface area contributed by atoms with E-state index < -0.39 is 12.0 Å². The maximum Gasteiger partial charge on any atom is 0.319 e. The van der Waals surface area contributed by atoms with Crippen molar-refractivity contribution in [2.24, 2.45) is 0 Å². The number of aromatic hydroxyl groups is 1. The Morgan fingerprint density at radius 2 is 1.93 bits per heavy atom. The summed E-state index contributed by atoms with van der Waals surface area (Å²) < 4.78 is 43.4. The van der Waals surface area contributed by atoms with E-state index in [0.717, 1.165) is 50.7 Å². The number of piperazine rings is 1. The number of hydrogen-bond acceptors (Lipinski definition) is 9. The number of alkyl halides is 1. The minimum atomic E-state index is -0.882. The van der Waals surface area contributed by atoms with E-state index in [0.29, 0.717) is 58.2 Å². The fourth-order valence-electron chi connectivity index (χ4n) is 8.19. The lowest BCUT2D eigenvalue weighted by Crippen LogP contribution is -2.51. The van der Waals surface area contributed by atoms with E-state index in [-0.39, 0.29) is 35.1 Å². The third-order valence-electron chi connectivity index (χ3n) is 10.2. The minimum Gasteiger partial charge on any atom is -0.508 e. The number of nitrogens with zero attached hydrogens (tertiary/aromatic N) is 5. The maximum absolute atomic E-state index is 16.8. The zero-order chi connectivity index (χ0) is 29.6. The number of phenolic OH excluding ortho intramolecular Hbond substituents is 1. The molecule has 0 radical (unpaired) electrons. The van der Waals surface area contributed by atoms with Gasteiger partial charge in [-0.3, -0.25) is 9.88 Å². The topological polar surface area (TPSA) is 99.8 Å². The van der Waals surface area contributed by atoms with E-state index in [4.69, 9.17) is 14.1 Å². The Balaban J connectivity index is 1.20. The molecule has 4 aliphatic rings. The number of benzene rings is 2. The molecule has 0 spiro atoms. The summed E-state index contributed by atoms with van der Waals surface area (Å²) in [6.07, 6.45) is 6.76. The van der Waals surface area contributed by atoms with E-state index >= 15 is 4.39 Å². The number of hydrogen-bond donors (Lipinski definition) is 2. The Labute approximate surface area is 251 Å². The summed E-state index contributed by atoms with van der Waals surface area (Å²) in [5.74, 6) is -0.0486. The van der Waals surface area contributed by atoms with Crippen molar-refractivity contribution in [1.29, 1.82) is 0 Å². The Morgan fingerprint density at radius 3 is 2.80 bits per heavy atom. The molecule has 4 fully saturated rings. The van der Waals surface area contributed by atoms with Crippen LogP contribution in [-0.2, 0) is 0 Å². The molecule has 2 aromatic carbocycles. The van der Waals surface area contributed by atoms with Crippen LogP contribution in [0.15, 0.2) is 47.2 Å². The minimum absolute atomic E-state index is 0.00787. The van der Waals surface area contributed by atoms with Crippen LogP contribution in [0.1, 0.15) is 32.1 Å². The molecule has 5 aromatic rings. The third kappa shape index (κ3) is 4.05. The molecule has 0 saturated carbocycles. The third-order valence-corrected chi connectivity index (χ3v) is 10.2. The van der Waals surface area contributed by atoms with Crippen LogP contribution >= 0.6 is 0 Å². The number of aromatic nitrogens is 3. The number of halogens is 2. The van der Waals surface area contributed by atoms with Crippen molar-refractivity contribution in [1.82, 2.24) is 25.2 Å². The molecule has 4 atom stereocenters. The van der Waals surface area contributed by atoms with Crippen molar-refractivity contribution in [3.8, 4) is 23.0 Å². The SMILES string of the molecule is Oc1cc(-c2ncc3c(N4C[C@H]5CC[C@@H](C4)N5)nc(OC[C@@]45CCCN4C[C@H](F)C5)nc3c2F)c2c(ccc3ccoc32)c1. The smallest absolute Gasteiger partial charge is 0.319 e. The van der Waals surface area contributed by atoms with Crippen molar-refractivity contribution in [3.63, 3.8) is 0 Å². The molecular formula is C33H32F2N6O3. The van der Waals surface area contributed by atoms with Gasteiger partial charge in [0.1, 0.15) is 41.1 Å². The number of phenols is 1. The first-order chi connectivity index (χ1) is 21.4. The molecule has 0 aliphatic carbocycles. The molecule has 2 bridgehead atoms. The van der Waals surface area contributed by atoms with Gasteiger partial charge < -0.3 is 24.5 Å². The Morgan fingerprint density at radius 1 is 1.09 bits per heavy atom. The molecule has 3 aromatic heterocycles. The lowest BCUT2D eigenvalue weighted by Gasteiger charge is -2.34. The number of anilines is 1. The Kier molecular flexibility index (Phi) is 5.81. The first kappa shape index (κ1) is 26.3. The van der Waals surface area contributed by atoms with Crippen molar-refractivity contribution in [3.05, 3.63) is 48.6 Å². The molecular weight excluding hydrogens is 566 g/mol. The summed E-state index contributed by atoms with van der Waals surface area (Å²) in [7, 11) is 0. The van der Waals surface area contributed by atoms with Gasteiger partial charge in [0.05, 0.1) is 17.2 Å². The molecule has 4 aliphatic heterocycles. The van der Waals surface area contributed by atoms with Gasteiger partial charge in [0.25, 0.3) is 0 Å². The summed E-state index contributed by atoms with van der Waals surface area (Å²) in [6.45, 7) is 2.99. The number of furan rings is 1. The molecule has 7 heterocycles. The van der Waals surface area contributed by atoms with Gasteiger partial charge in [0.15, 0.2) is 5.82 Å². The number of pyridine rings is 1. The molecule has 9 nitrogen and oxygen atoms in total. The first-order valence-electron chi connectivity index (χ1n) is 15.5. The van der Waals surface area contributed by atoms with Gasteiger partial charge in [-0.05, 0) is 55.8 Å². The molecule has 0 amide bonds. The van der Waals surface area contributed by atoms with Crippen molar-refractivity contribution in [2.75, 3.05) is 37.7 Å². The summed E-state index contributed by atoms with van der Waals surface area (Å²) in [4.78, 5) is 18.4. The van der Waals surface area contributed by atoms with Crippen molar-refractivity contribution in [2.45, 2.75) is 55.9 Å². The largest absolute Gasteiger partial charge is 0.508 e. The number of ether oxygens (including phenoxy) is 1. The quantitative estimate of drug-likeness (QED) is 0.278. The van der Waals surface area contributed by atoms with Crippen LogP contribution in [0, 0.1) is 5.82 Å². The average Bonchev–Trinajstić information content (AvgIpc) is 3.79.